The van der Waals surface area contributed by atoms with E-state index in [0.717, 1.165) is 0 Å². The largest absolute Gasteiger partial charge is 0.443 e. The van der Waals surface area contributed by atoms with Gasteiger partial charge in [-0.2, -0.15) is 0 Å². The van der Waals surface area contributed by atoms with Crippen LogP contribution in [-0.4, -0.2) is 27.2 Å². The predicted octanol–water partition coefficient (Wildman–Crippen LogP) is 1.85. The van der Waals surface area contributed by atoms with Gasteiger partial charge in [0.25, 0.3) is 0 Å². The van der Waals surface area contributed by atoms with E-state index < -0.39 is 12.2 Å². The van der Waals surface area contributed by atoms with Crippen LogP contribution in [0.2, 0.25) is 0 Å². The Morgan fingerprint density at radius 3 is 2.94 bits per heavy atom. The van der Waals surface area contributed by atoms with Crippen molar-refractivity contribution in [3.05, 3.63) is 30.2 Å². The van der Waals surface area contributed by atoms with Crippen LogP contribution in [0.4, 0.5) is 0 Å². The highest BCUT2D eigenvalue weighted by Crippen LogP contribution is 2.23. The van der Waals surface area contributed by atoms with Crippen molar-refractivity contribution >= 4 is 22.7 Å². The van der Waals surface area contributed by atoms with Crippen LogP contribution in [0.5, 0.6) is 0 Å². The summed E-state index contributed by atoms with van der Waals surface area (Å²) in [5, 5.41) is 19.5. The fraction of sp³-hybridized carbons (Fsp3) is 0.364. The first-order valence-corrected chi connectivity index (χ1v) is 5.51. The molecule has 1 heterocycles. The number of aromatic nitrogens is 1. The molecule has 0 spiro atoms. The number of benzene rings is 1. The minimum Gasteiger partial charge on any atom is -0.443 e. The number of aliphatic hydroxyl groups is 2. The molecule has 1 aromatic carbocycles. The van der Waals surface area contributed by atoms with Gasteiger partial charge in [0.2, 0.25) is 0 Å². The smallest absolute Gasteiger partial charge is 0.181 e. The molecule has 16 heavy (non-hydrogen) atoms. The number of alkyl halides is 1. The summed E-state index contributed by atoms with van der Waals surface area (Å²) in [6.45, 7) is 0. The zero-order chi connectivity index (χ0) is 11.5. The Morgan fingerprint density at radius 1 is 1.38 bits per heavy atom. The maximum Gasteiger partial charge on any atom is 0.181 e. The summed E-state index contributed by atoms with van der Waals surface area (Å²) in [7, 11) is 0. The number of rotatable bonds is 4. The van der Waals surface area contributed by atoms with Crippen LogP contribution >= 0.6 is 11.6 Å². The lowest BCUT2D eigenvalue weighted by Gasteiger charge is -2.16. The first kappa shape index (κ1) is 11.4. The Morgan fingerprint density at radius 2 is 2.19 bits per heavy atom. The van der Waals surface area contributed by atoms with Crippen molar-refractivity contribution in [2.24, 2.45) is 0 Å². The fourth-order valence-corrected chi connectivity index (χ4v) is 1.77. The molecule has 0 amide bonds. The maximum atomic E-state index is 9.85. The highest BCUT2D eigenvalue weighted by molar-refractivity contribution is 6.17. The third-order valence-corrected chi connectivity index (χ3v) is 2.68. The van der Waals surface area contributed by atoms with Crippen molar-refractivity contribution in [1.29, 1.82) is 0 Å². The molecule has 0 aliphatic heterocycles. The van der Waals surface area contributed by atoms with Crippen LogP contribution in [-0.2, 0) is 0 Å². The number of hydrogen-bond donors (Lipinski definition) is 2. The average molecular weight is 242 g/mol. The summed E-state index contributed by atoms with van der Waals surface area (Å²) in [6.07, 6.45) is -0.114. The molecule has 0 bridgehead atoms. The number of hydrogen-bond acceptors (Lipinski definition) is 4. The third kappa shape index (κ3) is 2.19. The number of oxazole rings is 1. The van der Waals surface area contributed by atoms with Crippen molar-refractivity contribution in [3.63, 3.8) is 0 Å². The molecule has 0 fully saturated rings. The van der Waals surface area contributed by atoms with Gasteiger partial charge in [0.15, 0.2) is 12.0 Å². The van der Waals surface area contributed by atoms with Crippen molar-refractivity contribution in [3.8, 4) is 0 Å². The van der Waals surface area contributed by atoms with Gasteiger partial charge in [0.1, 0.15) is 11.6 Å². The first-order chi connectivity index (χ1) is 7.72. The quantitative estimate of drug-likeness (QED) is 0.802. The van der Waals surface area contributed by atoms with Gasteiger partial charge in [0.05, 0.1) is 6.10 Å². The normalized spacial score (nSPS) is 15.2. The summed E-state index contributed by atoms with van der Waals surface area (Å²) >= 11 is 5.51. The molecular weight excluding hydrogens is 230 g/mol. The second-order valence-corrected chi connectivity index (χ2v) is 3.95. The summed E-state index contributed by atoms with van der Waals surface area (Å²) in [6, 6.07) is 5.12. The SMILES string of the molecule is OC(CCCl)C(O)c1ccc2ocnc2c1. The van der Waals surface area contributed by atoms with Gasteiger partial charge < -0.3 is 14.6 Å². The maximum absolute atomic E-state index is 9.85. The van der Waals surface area contributed by atoms with E-state index in [1.165, 1.54) is 6.39 Å². The highest BCUT2D eigenvalue weighted by Gasteiger charge is 2.18. The molecular formula is C11H12ClNO3. The van der Waals surface area contributed by atoms with E-state index in [9.17, 15) is 10.2 Å². The van der Waals surface area contributed by atoms with Gasteiger partial charge in [-0.15, -0.1) is 11.6 Å². The van der Waals surface area contributed by atoms with E-state index >= 15 is 0 Å². The molecule has 1 aromatic heterocycles. The van der Waals surface area contributed by atoms with Gasteiger partial charge in [-0.25, -0.2) is 4.98 Å². The van der Waals surface area contributed by atoms with Gasteiger partial charge in [-0.3, -0.25) is 0 Å². The Balaban J connectivity index is 2.24. The lowest BCUT2D eigenvalue weighted by Crippen LogP contribution is -2.18. The van der Waals surface area contributed by atoms with E-state index in [-0.39, 0.29) is 0 Å². The number of nitrogens with zero attached hydrogens (tertiary/aromatic N) is 1. The van der Waals surface area contributed by atoms with Crippen LogP contribution in [0, 0.1) is 0 Å². The topological polar surface area (TPSA) is 66.5 Å². The summed E-state index contributed by atoms with van der Waals surface area (Å²) < 4.78 is 5.08. The molecule has 0 aliphatic rings. The Labute approximate surface area is 97.5 Å². The predicted molar refractivity (Wildman–Crippen MR) is 60.3 cm³/mol. The van der Waals surface area contributed by atoms with Crippen molar-refractivity contribution in [2.45, 2.75) is 18.6 Å². The van der Waals surface area contributed by atoms with Crippen LogP contribution in [0.15, 0.2) is 29.0 Å². The zero-order valence-corrected chi connectivity index (χ0v) is 9.26. The fourth-order valence-electron chi connectivity index (χ4n) is 1.55. The molecule has 2 N–H and O–H groups in total. The Bertz CT molecular complexity index is 471. The van der Waals surface area contributed by atoms with Gasteiger partial charge >= 0.3 is 0 Å². The Hall–Kier alpha value is -1.10. The lowest BCUT2D eigenvalue weighted by atomic mass is 10.0. The second-order valence-electron chi connectivity index (χ2n) is 3.57. The summed E-state index contributed by atoms with van der Waals surface area (Å²) in [4.78, 5) is 3.98. The number of aliphatic hydroxyl groups excluding tert-OH is 2. The monoisotopic (exact) mass is 241 g/mol. The number of halogens is 1. The van der Waals surface area contributed by atoms with E-state index in [0.29, 0.717) is 29.0 Å². The molecule has 2 unspecified atom stereocenters. The number of fused-ring (bicyclic) bond motifs is 1. The van der Waals surface area contributed by atoms with Crippen LogP contribution in [0.1, 0.15) is 18.1 Å². The average Bonchev–Trinajstić information content (AvgIpc) is 2.75. The summed E-state index contributed by atoms with van der Waals surface area (Å²) in [5.41, 5.74) is 1.93. The first-order valence-electron chi connectivity index (χ1n) is 4.97. The van der Waals surface area contributed by atoms with Crippen LogP contribution < -0.4 is 0 Å². The third-order valence-electron chi connectivity index (χ3n) is 2.47. The zero-order valence-electron chi connectivity index (χ0n) is 8.51. The second kappa shape index (κ2) is 4.82. The van der Waals surface area contributed by atoms with Crippen LogP contribution in [0.25, 0.3) is 11.1 Å². The van der Waals surface area contributed by atoms with Gasteiger partial charge in [0, 0.05) is 5.88 Å². The molecule has 5 heteroatoms. The standard InChI is InChI=1S/C11H12ClNO3/c12-4-3-9(14)11(15)7-1-2-10-8(5-7)13-6-16-10/h1-2,5-6,9,11,14-15H,3-4H2. The molecule has 86 valence electrons. The van der Waals surface area contributed by atoms with Gasteiger partial charge in [-0.05, 0) is 24.1 Å². The molecule has 0 saturated heterocycles. The molecule has 0 radical (unpaired) electrons. The molecule has 2 rings (SSSR count). The minimum atomic E-state index is -0.945. The molecule has 4 nitrogen and oxygen atoms in total. The van der Waals surface area contributed by atoms with Crippen LogP contribution in [0.3, 0.4) is 0 Å². The molecule has 0 saturated carbocycles. The van der Waals surface area contributed by atoms with Crippen molar-refractivity contribution < 1.29 is 14.6 Å². The molecule has 2 aromatic rings. The Kier molecular flexibility index (Phi) is 3.43. The van der Waals surface area contributed by atoms with E-state index in [2.05, 4.69) is 4.98 Å². The summed E-state index contributed by atoms with van der Waals surface area (Å²) in [5.74, 6) is 0.310. The van der Waals surface area contributed by atoms with Crippen molar-refractivity contribution in [2.75, 3.05) is 5.88 Å². The molecule has 0 aliphatic carbocycles. The lowest BCUT2D eigenvalue weighted by molar-refractivity contribution is 0.0170. The van der Waals surface area contributed by atoms with E-state index in [4.69, 9.17) is 16.0 Å². The van der Waals surface area contributed by atoms with E-state index in [1.54, 1.807) is 18.2 Å². The van der Waals surface area contributed by atoms with E-state index in [1.807, 2.05) is 0 Å². The van der Waals surface area contributed by atoms with Gasteiger partial charge in [-0.1, -0.05) is 6.07 Å². The minimum absolute atomic E-state index is 0.310. The molecule has 2 atom stereocenters. The van der Waals surface area contributed by atoms with Crippen molar-refractivity contribution in [1.82, 2.24) is 4.98 Å². The highest BCUT2D eigenvalue weighted by atomic mass is 35.5.